The van der Waals surface area contributed by atoms with Gasteiger partial charge in [0, 0.05) is 35.9 Å². The lowest BCUT2D eigenvalue weighted by atomic mass is 10.2. The molecule has 0 aliphatic carbocycles. The van der Waals surface area contributed by atoms with E-state index in [9.17, 15) is 9.59 Å². The molecule has 0 saturated heterocycles. The van der Waals surface area contributed by atoms with Crippen molar-refractivity contribution in [3.8, 4) is 0 Å². The minimum absolute atomic E-state index is 0.0609. The molecule has 7 heteroatoms. The number of nitrogens with zero attached hydrogens (tertiary/aromatic N) is 3. The van der Waals surface area contributed by atoms with Crippen molar-refractivity contribution in [2.45, 2.75) is 16.3 Å². The van der Waals surface area contributed by atoms with E-state index >= 15 is 0 Å². The van der Waals surface area contributed by atoms with Gasteiger partial charge in [-0.05, 0) is 36.4 Å². The molecule has 0 fully saturated rings. The van der Waals surface area contributed by atoms with Crippen LogP contribution in [0, 0.1) is 0 Å². The summed E-state index contributed by atoms with van der Waals surface area (Å²) in [6.07, 6.45) is 4.05. The van der Waals surface area contributed by atoms with Gasteiger partial charge >= 0.3 is 0 Å². The highest BCUT2D eigenvalue weighted by molar-refractivity contribution is 7.99. The lowest BCUT2D eigenvalue weighted by molar-refractivity contribution is -0.119. The minimum Gasteiger partial charge on any atom is -0.354 e. The van der Waals surface area contributed by atoms with E-state index in [1.165, 1.54) is 16.7 Å². The van der Waals surface area contributed by atoms with Crippen LogP contribution in [0.15, 0.2) is 76.9 Å². The molecule has 1 aromatic carbocycles. The Kier molecular flexibility index (Phi) is 5.34. The molecule has 0 bridgehead atoms. The highest BCUT2D eigenvalue weighted by Crippen LogP contribution is 2.39. The van der Waals surface area contributed by atoms with Gasteiger partial charge < -0.3 is 5.32 Å². The maximum absolute atomic E-state index is 13.1. The Morgan fingerprint density at radius 2 is 1.82 bits per heavy atom. The molecule has 0 spiro atoms. The smallest absolute Gasteiger partial charge is 0.259 e. The SMILES string of the molecule is O=C(CN1C(=O)c2ccccc2Sc2ncccc21)NCCc1ccccn1. The number of amides is 2. The number of aromatic nitrogens is 2. The van der Waals surface area contributed by atoms with Crippen LogP contribution in [0.1, 0.15) is 16.1 Å². The number of benzene rings is 1. The van der Waals surface area contributed by atoms with Crippen molar-refractivity contribution < 1.29 is 9.59 Å². The van der Waals surface area contributed by atoms with Crippen LogP contribution in [0.4, 0.5) is 5.69 Å². The van der Waals surface area contributed by atoms with Gasteiger partial charge in [0.05, 0.1) is 11.3 Å². The van der Waals surface area contributed by atoms with Crippen molar-refractivity contribution in [1.29, 1.82) is 0 Å². The lowest BCUT2D eigenvalue weighted by Gasteiger charge is -2.21. The monoisotopic (exact) mass is 390 g/mol. The van der Waals surface area contributed by atoms with Crippen molar-refractivity contribution in [3.63, 3.8) is 0 Å². The summed E-state index contributed by atoms with van der Waals surface area (Å²) in [4.78, 5) is 36.6. The number of carbonyl (C=O) groups is 2. The molecule has 2 amide bonds. The first-order chi connectivity index (χ1) is 13.7. The van der Waals surface area contributed by atoms with Crippen molar-refractivity contribution in [1.82, 2.24) is 15.3 Å². The Balaban J connectivity index is 1.51. The summed E-state index contributed by atoms with van der Waals surface area (Å²) in [5.41, 5.74) is 2.13. The molecule has 0 radical (unpaired) electrons. The van der Waals surface area contributed by atoms with E-state index in [1.54, 1.807) is 24.5 Å². The summed E-state index contributed by atoms with van der Waals surface area (Å²) in [5.74, 6) is -0.418. The third-order valence-corrected chi connectivity index (χ3v) is 5.43. The molecule has 4 rings (SSSR count). The number of hydrogen-bond donors (Lipinski definition) is 1. The molecule has 3 heterocycles. The molecule has 1 aliphatic heterocycles. The third-order valence-electron chi connectivity index (χ3n) is 4.34. The molecular weight excluding hydrogens is 372 g/mol. The van der Waals surface area contributed by atoms with Gasteiger partial charge in [-0.1, -0.05) is 30.0 Å². The van der Waals surface area contributed by atoms with Crippen molar-refractivity contribution in [2.24, 2.45) is 0 Å². The van der Waals surface area contributed by atoms with Crippen LogP contribution in [0.25, 0.3) is 0 Å². The highest BCUT2D eigenvalue weighted by Gasteiger charge is 2.29. The number of pyridine rings is 2. The Labute approximate surface area is 167 Å². The largest absolute Gasteiger partial charge is 0.354 e. The molecule has 3 aromatic rings. The average Bonchev–Trinajstić information content (AvgIpc) is 2.84. The predicted octanol–water partition coefficient (Wildman–Crippen LogP) is 2.95. The van der Waals surface area contributed by atoms with Crippen molar-refractivity contribution >= 4 is 29.3 Å². The Morgan fingerprint density at radius 3 is 2.68 bits per heavy atom. The number of nitrogens with one attached hydrogen (secondary N) is 1. The zero-order valence-electron chi connectivity index (χ0n) is 15.0. The number of anilines is 1. The van der Waals surface area contributed by atoms with E-state index in [2.05, 4.69) is 15.3 Å². The summed E-state index contributed by atoms with van der Waals surface area (Å²) < 4.78 is 0. The predicted molar refractivity (Wildman–Crippen MR) is 107 cm³/mol. The summed E-state index contributed by atoms with van der Waals surface area (Å²) in [6.45, 7) is 0.401. The molecule has 6 nitrogen and oxygen atoms in total. The summed E-state index contributed by atoms with van der Waals surface area (Å²) in [6, 6.07) is 16.7. The molecule has 28 heavy (non-hydrogen) atoms. The summed E-state index contributed by atoms with van der Waals surface area (Å²) >= 11 is 1.44. The van der Waals surface area contributed by atoms with Gasteiger partial charge in [-0.15, -0.1) is 0 Å². The Bertz CT molecular complexity index is 1010. The first kappa shape index (κ1) is 18.2. The first-order valence-electron chi connectivity index (χ1n) is 8.93. The maximum atomic E-state index is 13.1. The van der Waals surface area contributed by atoms with Gasteiger partial charge in [0.15, 0.2) is 0 Å². The Morgan fingerprint density at radius 1 is 1.00 bits per heavy atom. The van der Waals surface area contributed by atoms with Gasteiger partial charge in [-0.25, -0.2) is 4.98 Å². The van der Waals surface area contributed by atoms with E-state index in [4.69, 9.17) is 0 Å². The van der Waals surface area contributed by atoms with Crippen LogP contribution < -0.4 is 10.2 Å². The van der Waals surface area contributed by atoms with E-state index in [0.717, 1.165) is 10.6 Å². The Hall–Kier alpha value is -3.19. The molecular formula is C21H18N4O2S. The van der Waals surface area contributed by atoms with Crippen LogP contribution in [0.3, 0.4) is 0 Å². The first-order valence-corrected chi connectivity index (χ1v) is 9.74. The number of rotatable bonds is 5. The van der Waals surface area contributed by atoms with Gasteiger partial charge in [0.2, 0.25) is 5.91 Å². The second-order valence-corrected chi connectivity index (χ2v) is 7.27. The molecule has 1 aliphatic rings. The maximum Gasteiger partial charge on any atom is 0.259 e. The summed E-state index contributed by atoms with van der Waals surface area (Å²) in [5, 5.41) is 3.58. The number of carbonyl (C=O) groups excluding carboxylic acids is 2. The van der Waals surface area contributed by atoms with Crippen LogP contribution in [0.5, 0.6) is 0 Å². The molecule has 0 unspecified atom stereocenters. The zero-order chi connectivity index (χ0) is 19.3. The number of fused-ring (bicyclic) bond motifs is 2. The van der Waals surface area contributed by atoms with Crippen LogP contribution >= 0.6 is 11.8 Å². The molecule has 0 atom stereocenters. The van der Waals surface area contributed by atoms with Crippen LogP contribution in [-0.2, 0) is 11.2 Å². The number of hydrogen-bond acceptors (Lipinski definition) is 5. The van der Waals surface area contributed by atoms with E-state index < -0.39 is 0 Å². The average molecular weight is 390 g/mol. The molecule has 2 aromatic heterocycles. The van der Waals surface area contributed by atoms with Crippen molar-refractivity contribution in [3.05, 3.63) is 78.2 Å². The van der Waals surface area contributed by atoms with E-state index in [-0.39, 0.29) is 18.4 Å². The fraction of sp³-hybridized carbons (Fsp3) is 0.143. The quantitative estimate of drug-likeness (QED) is 0.725. The highest BCUT2D eigenvalue weighted by atomic mass is 32.2. The van der Waals surface area contributed by atoms with E-state index in [0.29, 0.717) is 29.2 Å². The lowest BCUT2D eigenvalue weighted by Crippen LogP contribution is -2.41. The van der Waals surface area contributed by atoms with Gasteiger partial charge in [-0.2, -0.15) is 0 Å². The van der Waals surface area contributed by atoms with Crippen LogP contribution in [0.2, 0.25) is 0 Å². The minimum atomic E-state index is -0.219. The topological polar surface area (TPSA) is 75.2 Å². The zero-order valence-corrected chi connectivity index (χ0v) is 15.9. The molecule has 0 saturated carbocycles. The van der Waals surface area contributed by atoms with Crippen molar-refractivity contribution in [2.75, 3.05) is 18.0 Å². The standard InChI is InChI=1S/C21H18N4O2S/c26-19(23-13-10-15-6-3-4-11-22-15)14-25-17-8-5-12-24-20(17)28-18-9-2-1-7-16(18)21(25)27/h1-9,11-12H,10,13-14H2,(H,23,26). The van der Waals surface area contributed by atoms with Gasteiger partial charge in [0.1, 0.15) is 11.6 Å². The fourth-order valence-electron chi connectivity index (χ4n) is 2.99. The molecule has 1 N–H and O–H groups in total. The second-order valence-electron chi connectivity index (χ2n) is 6.24. The van der Waals surface area contributed by atoms with Gasteiger partial charge in [0.25, 0.3) is 5.91 Å². The second kappa shape index (κ2) is 8.22. The summed E-state index contributed by atoms with van der Waals surface area (Å²) in [7, 11) is 0. The third kappa shape index (κ3) is 3.89. The fourth-order valence-corrected chi connectivity index (χ4v) is 4.01. The van der Waals surface area contributed by atoms with E-state index in [1.807, 2.05) is 42.5 Å². The van der Waals surface area contributed by atoms with Gasteiger partial charge in [-0.3, -0.25) is 19.5 Å². The molecule has 140 valence electrons. The van der Waals surface area contributed by atoms with Crippen LogP contribution in [-0.4, -0.2) is 34.9 Å². The normalized spacial score (nSPS) is 12.7.